The third-order valence-corrected chi connectivity index (χ3v) is 4.49. The third kappa shape index (κ3) is 5.07. The standard InChI is InChI=1S/C20H22F3N3O4/c1-10-8-13(6-7-14(10)21)24-18(28)15-11(2)16(26(5)12(15)3)17(27)19(29)25-30-9-20(4,22)23/h6-8H,9H2,1-5H3,(H,24,28)(H,25,29). The first-order chi connectivity index (χ1) is 13.8. The number of ketones is 1. The lowest BCUT2D eigenvalue weighted by molar-refractivity contribution is -0.139. The van der Waals surface area contributed by atoms with E-state index in [1.54, 1.807) is 19.3 Å². The van der Waals surface area contributed by atoms with Gasteiger partial charge in [-0.25, -0.2) is 18.7 Å². The third-order valence-electron chi connectivity index (χ3n) is 4.49. The van der Waals surface area contributed by atoms with Gasteiger partial charge in [0.15, 0.2) is 0 Å². The summed E-state index contributed by atoms with van der Waals surface area (Å²) in [5.74, 6) is -6.44. The maximum absolute atomic E-state index is 13.4. The lowest BCUT2D eigenvalue weighted by atomic mass is 10.1. The first kappa shape index (κ1) is 23.1. The van der Waals surface area contributed by atoms with Gasteiger partial charge in [-0.3, -0.25) is 19.2 Å². The van der Waals surface area contributed by atoms with E-state index >= 15 is 0 Å². The van der Waals surface area contributed by atoms with Gasteiger partial charge >= 0.3 is 5.91 Å². The normalized spacial score (nSPS) is 11.3. The minimum Gasteiger partial charge on any atom is -0.344 e. The molecule has 30 heavy (non-hydrogen) atoms. The molecule has 0 aliphatic rings. The Balaban J connectivity index is 2.25. The summed E-state index contributed by atoms with van der Waals surface area (Å²) in [6.45, 7) is 4.12. The Labute approximate surface area is 171 Å². The number of hydrogen-bond acceptors (Lipinski definition) is 4. The molecular formula is C20H22F3N3O4. The summed E-state index contributed by atoms with van der Waals surface area (Å²) in [6.07, 6.45) is 0. The molecule has 0 spiro atoms. The molecule has 0 saturated carbocycles. The number of hydrogen-bond donors (Lipinski definition) is 2. The predicted molar refractivity (Wildman–Crippen MR) is 103 cm³/mol. The van der Waals surface area contributed by atoms with Gasteiger partial charge < -0.3 is 9.88 Å². The summed E-state index contributed by atoms with van der Waals surface area (Å²) in [7, 11) is 1.49. The van der Waals surface area contributed by atoms with E-state index < -0.39 is 35.9 Å². The van der Waals surface area contributed by atoms with Crippen molar-refractivity contribution in [2.75, 3.05) is 11.9 Å². The zero-order valence-corrected chi connectivity index (χ0v) is 17.2. The summed E-state index contributed by atoms with van der Waals surface area (Å²) in [6, 6.07) is 4.07. The van der Waals surface area contributed by atoms with Gasteiger partial charge in [0.1, 0.15) is 12.4 Å². The fraction of sp³-hybridized carbons (Fsp3) is 0.350. The van der Waals surface area contributed by atoms with Gasteiger partial charge in [-0.15, -0.1) is 0 Å². The van der Waals surface area contributed by atoms with Crippen LogP contribution in [0.2, 0.25) is 0 Å². The molecule has 2 N–H and O–H groups in total. The molecule has 7 nitrogen and oxygen atoms in total. The number of aryl methyl sites for hydroxylation is 1. The van der Waals surface area contributed by atoms with Gasteiger partial charge in [0, 0.05) is 25.4 Å². The molecule has 10 heteroatoms. The molecular weight excluding hydrogens is 403 g/mol. The van der Waals surface area contributed by atoms with Crippen molar-refractivity contribution in [2.24, 2.45) is 7.05 Å². The lowest BCUT2D eigenvalue weighted by Gasteiger charge is -2.11. The van der Waals surface area contributed by atoms with Gasteiger partial charge in [-0.1, -0.05) is 0 Å². The number of carbonyl (C=O) groups excluding carboxylic acids is 3. The molecule has 0 fully saturated rings. The number of amides is 2. The predicted octanol–water partition coefficient (Wildman–Crippen LogP) is 3.23. The summed E-state index contributed by atoms with van der Waals surface area (Å²) < 4.78 is 40.3. The van der Waals surface area contributed by atoms with Crippen LogP contribution in [0.4, 0.5) is 18.9 Å². The number of Topliss-reactive ketones (excluding diaryl/α,β-unsaturated/α-hetero) is 1. The van der Waals surface area contributed by atoms with Crippen LogP contribution in [0.1, 0.15) is 44.6 Å². The molecule has 162 valence electrons. The zero-order valence-electron chi connectivity index (χ0n) is 17.2. The number of rotatable bonds is 7. The van der Waals surface area contributed by atoms with Crippen molar-refractivity contribution in [1.82, 2.24) is 10.0 Å². The summed E-state index contributed by atoms with van der Waals surface area (Å²) >= 11 is 0. The molecule has 0 radical (unpaired) electrons. The largest absolute Gasteiger partial charge is 0.344 e. The number of nitrogens with zero attached hydrogens (tertiary/aromatic N) is 1. The van der Waals surface area contributed by atoms with Crippen molar-refractivity contribution in [2.45, 2.75) is 33.6 Å². The van der Waals surface area contributed by atoms with Crippen LogP contribution in [0.3, 0.4) is 0 Å². The summed E-state index contributed by atoms with van der Waals surface area (Å²) in [5.41, 5.74) is 3.10. The Hall–Kier alpha value is -3.14. The van der Waals surface area contributed by atoms with Crippen molar-refractivity contribution in [3.8, 4) is 0 Å². The highest BCUT2D eigenvalue weighted by atomic mass is 19.3. The first-order valence-electron chi connectivity index (χ1n) is 8.91. The highest BCUT2D eigenvalue weighted by molar-refractivity contribution is 6.42. The molecule has 0 unspecified atom stereocenters. The number of nitrogens with one attached hydrogen (secondary N) is 2. The van der Waals surface area contributed by atoms with Crippen molar-refractivity contribution in [1.29, 1.82) is 0 Å². The fourth-order valence-corrected chi connectivity index (χ4v) is 2.93. The van der Waals surface area contributed by atoms with Crippen LogP contribution in [-0.2, 0) is 16.7 Å². The van der Waals surface area contributed by atoms with Gasteiger partial charge in [-0.05, 0) is 50.1 Å². The second-order valence-electron chi connectivity index (χ2n) is 7.03. The molecule has 1 aromatic carbocycles. The first-order valence-corrected chi connectivity index (χ1v) is 8.91. The van der Waals surface area contributed by atoms with E-state index in [4.69, 9.17) is 0 Å². The molecule has 1 heterocycles. The molecule has 2 rings (SSSR count). The highest BCUT2D eigenvalue weighted by Crippen LogP contribution is 2.24. The van der Waals surface area contributed by atoms with Crippen LogP contribution in [-0.4, -0.2) is 34.7 Å². The van der Waals surface area contributed by atoms with Gasteiger partial charge in [0.2, 0.25) is 0 Å². The molecule has 1 aromatic heterocycles. The van der Waals surface area contributed by atoms with Crippen LogP contribution < -0.4 is 10.8 Å². The van der Waals surface area contributed by atoms with E-state index in [0.29, 0.717) is 23.9 Å². The number of carbonyl (C=O) groups is 3. The molecule has 0 aliphatic carbocycles. The Morgan fingerprint density at radius 2 is 1.80 bits per heavy atom. The Kier molecular flexibility index (Phi) is 6.71. The molecule has 2 amide bonds. The zero-order chi connectivity index (χ0) is 22.8. The van der Waals surface area contributed by atoms with Crippen LogP contribution in [0.25, 0.3) is 0 Å². The Morgan fingerprint density at radius 1 is 1.17 bits per heavy atom. The van der Waals surface area contributed by atoms with Crippen LogP contribution in [0, 0.1) is 26.6 Å². The number of aromatic nitrogens is 1. The number of alkyl halides is 2. The van der Waals surface area contributed by atoms with E-state index in [2.05, 4.69) is 10.2 Å². The number of hydroxylamine groups is 1. The smallest absolute Gasteiger partial charge is 0.317 e. The average Bonchev–Trinajstić information content (AvgIpc) is 2.85. The van der Waals surface area contributed by atoms with Crippen LogP contribution >= 0.6 is 0 Å². The summed E-state index contributed by atoms with van der Waals surface area (Å²) in [5, 5.41) is 2.63. The average molecular weight is 425 g/mol. The van der Waals surface area contributed by atoms with Gasteiger partial charge in [0.05, 0.1) is 11.3 Å². The van der Waals surface area contributed by atoms with Crippen molar-refractivity contribution in [3.63, 3.8) is 0 Å². The van der Waals surface area contributed by atoms with E-state index in [1.165, 1.54) is 36.7 Å². The van der Waals surface area contributed by atoms with E-state index in [1.807, 2.05) is 0 Å². The molecule has 0 bridgehead atoms. The van der Waals surface area contributed by atoms with Crippen molar-refractivity contribution in [3.05, 3.63) is 52.1 Å². The molecule has 2 aromatic rings. The fourth-order valence-electron chi connectivity index (χ4n) is 2.93. The second-order valence-corrected chi connectivity index (χ2v) is 7.03. The van der Waals surface area contributed by atoms with Crippen LogP contribution in [0.5, 0.6) is 0 Å². The molecule has 0 atom stereocenters. The van der Waals surface area contributed by atoms with E-state index in [9.17, 15) is 27.6 Å². The Morgan fingerprint density at radius 3 is 2.37 bits per heavy atom. The number of halogens is 3. The van der Waals surface area contributed by atoms with Crippen molar-refractivity contribution >= 4 is 23.3 Å². The van der Waals surface area contributed by atoms with Crippen molar-refractivity contribution < 1.29 is 32.4 Å². The SMILES string of the molecule is Cc1cc(NC(=O)c2c(C)c(C(=O)C(=O)NOCC(C)(F)F)n(C)c2C)ccc1F. The number of anilines is 1. The lowest BCUT2D eigenvalue weighted by Crippen LogP contribution is -2.35. The van der Waals surface area contributed by atoms with Gasteiger partial charge in [0.25, 0.3) is 17.6 Å². The van der Waals surface area contributed by atoms with E-state index in [-0.39, 0.29) is 16.8 Å². The van der Waals surface area contributed by atoms with Crippen LogP contribution in [0.15, 0.2) is 18.2 Å². The summed E-state index contributed by atoms with van der Waals surface area (Å²) in [4.78, 5) is 41.6. The number of benzene rings is 1. The second kappa shape index (κ2) is 8.70. The monoisotopic (exact) mass is 425 g/mol. The highest BCUT2D eigenvalue weighted by Gasteiger charge is 2.29. The quantitative estimate of drug-likeness (QED) is 0.405. The minimum atomic E-state index is -3.18. The maximum atomic E-state index is 13.4. The topological polar surface area (TPSA) is 89.4 Å². The van der Waals surface area contributed by atoms with Gasteiger partial charge in [-0.2, -0.15) is 0 Å². The Bertz CT molecular complexity index is 1010. The van der Waals surface area contributed by atoms with E-state index in [0.717, 1.165) is 0 Å². The maximum Gasteiger partial charge on any atom is 0.317 e. The molecule has 0 saturated heterocycles. The minimum absolute atomic E-state index is 0.0858. The molecule has 0 aliphatic heterocycles.